The van der Waals surface area contributed by atoms with E-state index in [4.69, 9.17) is 9.05 Å². The number of aliphatic hydroxyl groups excluding tert-OH is 1. The van der Waals surface area contributed by atoms with Crippen LogP contribution in [0.25, 0.3) is 0 Å². The van der Waals surface area contributed by atoms with Crippen molar-refractivity contribution in [3.63, 3.8) is 0 Å². The van der Waals surface area contributed by atoms with E-state index in [9.17, 15) is 19.4 Å². The minimum atomic E-state index is -4.33. The summed E-state index contributed by atoms with van der Waals surface area (Å²) >= 11 is 0. The number of amides is 1. The highest BCUT2D eigenvalue weighted by Crippen LogP contribution is 2.43. The second kappa shape index (κ2) is 23.6. The SMILES string of the molecule is CC/C=C\C/C=C\C/C=C\C/C=C\C/C=C\CC(=O)NC(COP(=O)(O)OCC[N+](C)(C)C)C(O)/C=C/CCC. The molecule has 0 radical (unpaired) electrons. The fourth-order valence-corrected chi connectivity index (χ4v) is 3.85. The molecule has 0 aromatic heterocycles. The molecule has 0 aliphatic heterocycles. The highest BCUT2D eigenvalue weighted by atomic mass is 31.2. The molecule has 0 heterocycles. The fourth-order valence-electron chi connectivity index (χ4n) is 3.11. The molecular formula is C31H54N2O6P+. The lowest BCUT2D eigenvalue weighted by molar-refractivity contribution is -0.870. The molecule has 0 saturated carbocycles. The molecule has 3 unspecified atom stereocenters. The number of likely N-dealkylation sites (N-methyl/N-ethyl adjacent to an activating group) is 1. The van der Waals surface area contributed by atoms with Gasteiger partial charge in [0.15, 0.2) is 0 Å². The maximum Gasteiger partial charge on any atom is 0.472 e. The summed E-state index contributed by atoms with van der Waals surface area (Å²) in [4.78, 5) is 22.5. The molecular weight excluding hydrogens is 527 g/mol. The number of nitrogens with one attached hydrogen (secondary N) is 1. The van der Waals surface area contributed by atoms with Crippen LogP contribution in [0.2, 0.25) is 0 Å². The van der Waals surface area contributed by atoms with Crippen molar-refractivity contribution < 1.29 is 32.9 Å². The quantitative estimate of drug-likeness (QED) is 0.0757. The lowest BCUT2D eigenvalue weighted by Gasteiger charge is -2.25. The van der Waals surface area contributed by atoms with E-state index in [-0.39, 0.29) is 25.5 Å². The standard InChI is InChI=1S/C31H53N2O6P/c1-6-8-10-11-12-13-14-15-16-17-18-19-20-21-23-25-31(35)32-29(30(34)24-22-9-7-2)28-39-40(36,37)38-27-26-33(3,4)5/h8,10,12-13,15-16,18-19,21-24,29-30,34H,6-7,9,11,14,17,20,25-28H2,1-5H3,(H-,32,35,36,37)/p+1/b10-8-,13-12-,16-15-,19-18-,23-21-,24-22+. The summed E-state index contributed by atoms with van der Waals surface area (Å²) in [5.41, 5.74) is 0. The van der Waals surface area contributed by atoms with Gasteiger partial charge in [-0.2, -0.15) is 0 Å². The van der Waals surface area contributed by atoms with Gasteiger partial charge in [0.1, 0.15) is 13.2 Å². The monoisotopic (exact) mass is 581 g/mol. The minimum Gasteiger partial charge on any atom is -0.387 e. The molecule has 228 valence electrons. The number of nitrogens with zero attached hydrogens (tertiary/aromatic N) is 1. The number of hydrogen-bond acceptors (Lipinski definition) is 5. The summed E-state index contributed by atoms with van der Waals surface area (Å²) in [6, 6.07) is -0.897. The zero-order chi connectivity index (χ0) is 30.1. The van der Waals surface area contributed by atoms with Crippen molar-refractivity contribution in [2.24, 2.45) is 0 Å². The van der Waals surface area contributed by atoms with Crippen molar-refractivity contribution in [3.8, 4) is 0 Å². The van der Waals surface area contributed by atoms with E-state index in [0.29, 0.717) is 17.4 Å². The van der Waals surface area contributed by atoms with Crippen molar-refractivity contribution in [1.82, 2.24) is 5.32 Å². The number of allylic oxidation sites excluding steroid dienone is 10. The van der Waals surface area contributed by atoms with Gasteiger partial charge in [-0.05, 0) is 38.5 Å². The zero-order valence-electron chi connectivity index (χ0n) is 25.3. The van der Waals surface area contributed by atoms with Gasteiger partial charge in [-0.15, -0.1) is 0 Å². The normalized spacial score (nSPS) is 16.3. The van der Waals surface area contributed by atoms with Crippen molar-refractivity contribution in [2.45, 2.75) is 77.4 Å². The van der Waals surface area contributed by atoms with Gasteiger partial charge in [0, 0.05) is 6.42 Å². The van der Waals surface area contributed by atoms with Gasteiger partial charge in [0.05, 0.1) is 39.9 Å². The number of phosphoric ester groups is 1. The molecule has 0 fully saturated rings. The van der Waals surface area contributed by atoms with Gasteiger partial charge in [0.2, 0.25) is 5.91 Å². The molecule has 40 heavy (non-hydrogen) atoms. The summed E-state index contributed by atoms with van der Waals surface area (Å²) in [5.74, 6) is -0.323. The third kappa shape index (κ3) is 24.9. The molecule has 0 aliphatic carbocycles. The number of quaternary nitrogens is 1. The van der Waals surface area contributed by atoms with E-state index in [0.717, 1.165) is 38.5 Å². The molecule has 1 amide bonds. The Morgan fingerprint density at radius 3 is 1.88 bits per heavy atom. The Balaban J connectivity index is 4.59. The predicted octanol–water partition coefficient (Wildman–Crippen LogP) is 6.17. The summed E-state index contributed by atoms with van der Waals surface area (Å²) in [6.45, 7) is 4.33. The molecule has 0 spiro atoms. The maximum atomic E-state index is 12.5. The van der Waals surface area contributed by atoms with Crippen molar-refractivity contribution in [2.75, 3.05) is 40.9 Å². The molecule has 0 saturated heterocycles. The topological polar surface area (TPSA) is 105 Å². The molecule has 0 aromatic rings. The van der Waals surface area contributed by atoms with Gasteiger partial charge in [-0.25, -0.2) is 4.57 Å². The third-order valence-electron chi connectivity index (χ3n) is 5.44. The average Bonchev–Trinajstić information content (AvgIpc) is 2.88. The van der Waals surface area contributed by atoms with Crippen LogP contribution in [0.5, 0.6) is 0 Å². The summed E-state index contributed by atoms with van der Waals surface area (Å²) in [5, 5.41) is 13.2. The van der Waals surface area contributed by atoms with Crippen LogP contribution in [0, 0.1) is 0 Å². The van der Waals surface area contributed by atoms with E-state index >= 15 is 0 Å². The number of carbonyl (C=O) groups is 1. The molecule has 3 atom stereocenters. The first-order valence-corrected chi connectivity index (χ1v) is 15.8. The van der Waals surface area contributed by atoms with Crippen molar-refractivity contribution in [1.29, 1.82) is 0 Å². The Bertz CT molecular complexity index is 887. The molecule has 0 rings (SSSR count). The number of rotatable bonds is 23. The Hall–Kier alpha value is -2.06. The van der Waals surface area contributed by atoms with Crippen LogP contribution >= 0.6 is 7.82 Å². The highest BCUT2D eigenvalue weighted by molar-refractivity contribution is 7.47. The molecule has 0 aromatic carbocycles. The minimum absolute atomic E-state index is 0.0390. The number of unbranched alkanes of at least 4 members (excludes halogenated alkanes) is 1. The van der Waals surface area contributed by atoms with E-state index in [1.807, 2.05) is 46.3 Å². The Morgan fingerprint density at radius 2 is 1.38 bits per heavy atom. The largest absolute Gasteiger partial charge is 0.472 e. The zero-order valence-corrected chi connectivity index (χ0v) is 26.2. The lowest BCUT2D eigenvalue weighted by atomic mass is 10.1. The van der Waals surface area contributed by atoms with Crippen molar-refractivity contribution >= 4 is 13.7 Å². The van der Waals surface area contributed by atoms with Crippen LogP contribution in [0.4, 0.5) is 0 Å². The molecule has 9 heteroatoms. The Morgan fingerprint density at radius 1 is 0.850 bits per heavy atom. The van der Waals surface area contributed by atoms with Crippen LogP contribution in [0.15, 0.2) is 72.9 Å². The predicted molar refractivity (Wildman–Crippen MR) is 166 cm³/mol. The van der Waals surface area contributed by atoms with Gasteiger partial charge in [0.25, 0.3) is 0 Å². The van der Waals surface area contributed by atoms with E-state index in [2.05, 4.69) is 54.8 Å². The first-order chi connectivity index (χ1) is 19.0. The molecule has 0 bridgehead atoms. The van der Waals surface area contributed by atoms with Crippen LogP contribution in [0.3, 0.4) is 0 Å². The molecule has 8 nitrogen and oxygen atoms in total. The Kier molecular flexibility index (Phi) is 22.4. The number of phosphoric acid groups is 1. The first kappa shape index (κ1) is 37.9. The fraction of sp³-hybridized carbons (Fsp3) is 0.581. The highest BCUT2D eigenvalue weighted by Gasteiger charge is 2.27. The number of aliphatic hydroxyl groups is 1. The first-order valence-electron chi connectivity index (χ1n) is 14.3. The van der Waals surface area contributed by atoms with E-state index in [1.54, 1.807) is 12.2 Å². The van der Waals surface area contributed by atoms with Crippen LogP contribution < -0.4 is 5.32 Å². The second-order valence-electron chi connectivity index (χ2n) is 10.4. The van der Waals surface area contributed by atoms with Gasteiger partial charge < -0.3 is 19.8 Å². The second-order valence-corrected chi connectivity index (χ2v) is 11.9. The van der Waals surface area contributed by atoms with Gasteiger partial charge in [-0.3, -0.25) is 13.8 Å². The number of carbonyl (C=O) groups excluding carboxylic acids is 1. The van der Waals surface area contributed by atoms with Crippen LogP contribution in [-0.4, -0.2) is 73.4 Å². The van der Waals surface area contributed by atoms with Gasteiger partial charge >= 0.3 is 7.82 Å². The summed E-state index contributed by atoms with van der Waals surface area (Å²) in [6.07, 6.45) is 29.4. The summed E-state index contributed by atoms with van der Waals surface area (Å²) in [7, 11) is 1.49. The summed E-state index contributed by atoms with van der Waals surface area (Å²) < 4.78 is 23.0. The Labute approximate surface area is 243 Å². The maximum absolute atomic E-state index is 12.5. The average molecular weight is 582 g/mol. The van der Waals surface area contributed by atoms with Crippen LogP contribution in [-0.2, 0) is 18.4 Å². The molecule has 3 N–H and O–H groups in total. The van der Waals surface area contributed by atoms with Crippen LogP contribution in [0.1, 0.15) is 65.2 Å². The van der Waals surface area contributed by atoms with E-state index < -0.39 is 20.0 Å². The molecule has 0 aliphatic rings. The lowest BCUT2D eigenvalue weighted by Crippen LogP contribution is -2.45. The van der Waals surface area contributed by atoms with Crippen molar-refractivity contribution in [3.05, 3.63) is 72.9 Å². The van der Waals surface area contributed by atoms with Gasteiger partial charge in [-0.1, -0.05) is 93.2 Å². The smallest absolute Gasteiger partial charge is 0.387 e. The van der Waals surface area contributed by atoms with E-state index in [1.165, 1.54) is 0 Å². The number of hydrogen-bond donors (Lipinski definition) is 3. The third-order valence-corrected chi connectivity index (χ3v) is 6.43.